The van der Waals surface area contributed by atoms with Gasteiger partial charge in [-0.05, 0) is 57.5 Å². The van der Waals surface area contributed by atoms with Crippen LogP contribution in [0.2, 0.25) is 0 Å². The molecule has 0 spiro atoms. The van der Waals surface area contributed by atoms with E-state index in [1.807, 2.05) is 0 Å². The highest BCUT2D eigenvalue weighted by atomic mass is 16.5. The molecular weight excluding hydrogens is 286 g/mol. The van der Waals surface area contributed by atoms with E-state index in [4.69, 9.17) is 4.74 Å². The number of carbonyl (C=O) groups is 1. The van der Waals surface area contributed by atoms with E-state index in [-0.39, 0.29) is 18.0 Å². The first-order valence-electron chi connectivity index (χ1n) is 10.3. The molecule has 1 aliphatic heterocycles. The smallest absolute Gasteiger partial charge is 0.309 e. The monoisotopic (exact) mass is 321 g/mol. The first kappa shape index (κ1) is 17.3. The summed E-state index contributed by atoms with van der Waals surface area (Å²) in [5.74, 6) is 0.923. The molecule has 0 aromatic carbocycles. The molecule has 1 heterocycles. The van der Waals surface area contributed by atoms with Crippen LogP contribution >= 0.6 is 0 Å². The van der Waals surface area contributed by atoms with Gasteiger partial charge in [-0.3, -0.25) is 9.69 Å². The van der Waals surface area contributed by atoms with Gasteiger partial charge >= 0.3 is 5.97 Å². The highest BCUT2D eigenvalue weighted by Crippen LogP contribution is 2.31. The predicted molar refractivity (Wildman–Crippen MR) is 93.3 cm³/mol. The van der Waals surface area contributed by atoms with Crippen LogP contribution in [0, 0.1) is 11.8 Å². The van der Waals surface area contributed by atoms with E-state index in [9.17, 15) is 4.79 Å². The average Bonchev–Trinajstić information content (AvgIpc) is 2.63. The molecule has 3 aliphatic rings. The van der Waals surface area contributed by atoms with Crippen LogP contribution in [0.4, 0.5) is 0 Å². The second-order valence-electron chi connectivity index (χ2n) is 8.07. The summed E-state index contributed by atoms with van der Waals surface area (Å²) >= 11 is 0. The first-order valence-corrected chi connectivity index (χ1v) is 10.3. The molecule has 1 atom stereocenters. The zero-order chi connectivity index (χ0) is 15.9. The average molecular weight is 322 g/mol. The second-order valence-corrected chi connectivity index (χ2v) is 8.07. The fourth-order valence-corrected chi connectivity index (χ4v) is 4.77. The lowest BCUT2D eigenvalue weighted by Crippen LogP contribution is -2.43. The normalized spacial score (nSPS) is 26.8. The van der Waals surface area contributed by atoms with Gasteiger partial charge < -0.3 is 4.74 Å². The Kier molecular flexibility index (Phi) is 6.79. The summed E-state index contributed by atoms with van der Waals surface area (Å²) in [6.45, 7) is 3.39. The Bertz CT molecular complexity index is 353. The Morgan fingerprint density at radius 1 is 0.826 bits per heavy atom. The van der Waals surface area contributed by atoms with E-state index in [2.05, 4.69) is 4.90 Å². The van der Waals surface area contributed by atoms with Gasteiger partial charge in [-0.2, -0.15) is 0 Å². The van der Waals surface area contributed by atoms with E-state index >= 15 is 0 Å². The van der Waals surface area contributed by atoms with Crippen LogP contribution in [-0.2, 0) is 9.53 Å². The molecule has 132 valence electrons. The van der Waals surface area contributed by atoms with Crippen LogP contribution in [0.3, 0.4) is 0 Å². The standard InChI is InChI=1S/C20H35NO2/c22-20(18-12-6-2-7-13-18)23-19(17-10-4-1-5-11-17)16-21-14-8-3-9-15-21/h17-19H,1-16H2. The molecule has 0 bridgehead atoms. The molecular formula is C20H35NO2. The first-order chi connectivity index (χ1) is 11.3. The van der Waals surface area contributed by atoms with Crippen molar-refractivity contribution >= 4 is 5.97 Å². The lowest BCUT2D eigenvalue weighted by molar-refractivity contribution is -0.160. The largest absolute Gasteiger partial charge is 0.460 e. The molecule has 1 unspecified atom stereocenters. The molecule has 2 aliphatic carbocycles. The Morgan fingerprint density at radius 2 is 1.39 bits per heavy atom. The molecule has 3 fully saturated rings. The zero-order valence-corrected chi connectivity index (χ0v) is 14.8. The Labute approximate surface area is 142 Å². The second kappa shape index (κ2) is 9.05. The van der Waals surface area contributed by atoms with Crippen LogP contribution in [0.15, 0.2) is 0 Å². The maximum Gasteiger partial charge on any atom is 0.309 e. The fraction of sp³-hybridized carbons (Fsp3) is 0.950. The summed E-state index contributed by atoms with van der Waals surface area (Å²) in [5, 5.41) is 0. The fourth-order valence-electron chi connectivity index (χ4n) is 4.77. The topological polar surface area (TPSA) is 29.5 Å². The van der Waals surface area contributed by atoms with E-state index in [1.165, 1.54) is 83.7 Å². The Balaban J connectivity index is 1.57. The summed E-state index contributed by atoms with van der Waals surface area (Å²) in [7, 11) is 0. The van der Waals surface area contributed by atoms with Crippen molar-refractivity contribution in [3.8, 4) is 0 Å². The van der Waals surface area contributed by atoms with Crippen LogP contribution < -0.4 is 0 Å². The molecule has 0 aromatic rings. The number of nitrogens with zero attached hydrogens (tertiary/aromatic N) is 1. The molecule has 3 rings (SSSR count). The van der Waals surface area contributed by atoms with Crippen molar-refractivity contribution in [2.24, 2.45) is 11.8 Å². The number of hydrogen-bond acceptors (Lipinski definition) is 3. The third-order valence-electron chi connectivity index (χ3n) is 6.27. The number of piperidine rings is 1. The quantitative estimate of drug-likeness (QED) is 0.696. The van der Waals surface area contributed by atoms with E-state index in [1.54, 1.807) is 0 Å². The maximum absolute atomic E-state index is 12.7. The molecule has 3 nitrogen and oxygen atoms in total. The van der Waals surface area contributed by atoms with Crippen LogP contribution in [0.25, 0.3) is 0 Å². The van der Waals surface area contributed by atoms with Gasteiger partial charge in [0, 0.05) is 6.54 Å². The lowest BCUT2D eigenvalue weighted by Gasteiger charge is -2.36. The van der Waals surface area contributed by atoms with Crippen molar-refractivity contribution in [2.75, 3.05) is 19.6 Å². The van der Waals surface area contributed by atoms with E-state index < -0.39 is 0 Å². The summed E-state index contributed by atoms with van der Waals surface area (Å²) in [4.78, 5) is 15.2. The molecule has 3 heteroatoms. The van der Waals surface area contributed by atoms with Gasteiger partial charge in [0.15, 0.2) is 0 Å². The van der Waals surface area contributed by atoms with Gasteiger partial charge in [-0.1, -0.05) is 44.9 Å². The van der Waals surface area contributed by atoms with Gasteiger partial charge in [-0.15, -0.1) is 0 Å². The summed E-state index contributed by atoms with van der Waals surface area (Å²) < 4.78 is 6.15. The van der Waals surface area contributed by atoms with Crippen molar-refractivity contribution in [2.45, 2.75) is 89.6 Å². The predicted octanol–water partition coefficient (Wildman–Crippen LogP) is 4.54. The SMILES string of the molecule is O=C(OC(CN1CCCCC1)C1CCCCC1)C1CCCCC1. The minimum Gasteiger partial charge on any atom is -0.460 e. The lowest BCUT2D eigenvalue weighted by atomic mass is 9.84. The molecule has 1 saturated heterocycles. The van der Waals surface area contributed by atoms with Crippen LogP contribution in [0.5, 0.6) is 0 Å². The molecule has 0 aromatic heterocycles. The highest BCUT2D eigenvalue weighted by Gasteiger charge is 2.32. The van der Waals surface area contributed by atoms with E-state index in [0.29, 0.717) is 5.92 Å². The third kappa shape index (κ3) is 5.20. The number of carbonyl (C=O) groups excluding carboxylic acids is 1. The molecule has 0 amide bonds. The molecule has 23 heavy (non-hydrogen) atoms. The number of esters is 1. The number of ether oxygens (including phenoxy) is 1. The van der Waals surface area contributed by atoms with E-state index in [0.717, 1.165) is 19.4 Å². The Morgan fingerprint density at radius 3 is 2.04 bits per heavy atom. The van der Waals surface area contributed by atoms with Gasteiger partial charge in [0.1, 0.15) is 6.10 Å². The summed E-state index contributed by atoms with van der Waals surface area (Å²) in [6, 6.07) is 0. The third-order valence-corrected chi connectivity index (χ3v) is 6.27. The minimum atomic E-state index is 0.122. The minimum absolute atomic E-state index is 0.122. The van der Waals surface area contributed by atoms with Crippen molar-refractivity contribution in [3.05, 3.63) is 0 Å². The molecule has 2 saturated carbocycles. The van der Waals surface area contributed by atoms with Gasteiger partial charge in [0.05, 0.1) is 5.92 Å². The molecule has 0 radical (unpaired) electrons. The number of hydrogen-bond donors (Lipinski definition) is 0. The van der Waals surface area contributed by atoms with Crippen molar-refractivity contribution < 1.29 is 9.53 Å². The van der Waals surface area contributed by atoms with Gasteiger partial charge in [0.2, 0.25) is 0 Å². The number of likely N-dealkylation sites (tertiary alicyclic amines) is 1. The zero-order valence-electron chi connectivity index (χ0n) is 14.8. The highest BCUT2D eigenvalue weighted by molar-refractivity contribution is 5.72. The van der Waals surface area contributed by atoms with Crippen LogP contribution in [-0.4, -0.2) is 36.6 Å². The van der Waals surface area contributed by atoms with Crippen molar-refractivity contribution in [3.63, 3.8) is 0 Å². The van der Waals surface area contributed by atoms with Gasteiger partial charge in [-0.25, -0.2) is 0 Å². The Hall–Kier alpha value is -0.570. The molecule has 0 N–H and O–H groups in total. The summed E-state index contributed by atoms with van der Waals surface area (Å²) in [6.07, 6.45) is 16.5. The summed E-state index contributed by atoms with van der Waals surface area (Å²) in [5.41, 5.74) is 0. The van der Waals surface area contributed by atoms with Crippen LogP contribution in [0.1, 0.15) is 83.5 Å². The van der Waals surface area contributed by atoms with Crippen molar-refractivity contribution in [1.82, 2.24) is 4.90 Å². The van der Waals surface area contributed by atoms with Gasteiger partial charge in [0.25, 0.3) is 0 Å². The number of rotatable bonds is 5. The maximum atomic E-state index is 12.7. The van der Waals surface area contributed by atoms with Crippen molar-refractivity contribution in [1.29, 1.82) is 0 Å².